The molecular weight excluding hydrogens is 428 g/mol. The van der Waals surface area contributed by atoms with Gasteiger partial charge in [0.1, 0.15) is 11.6 Å². The van der Waals surface area contributed by atoms with E-state index in [2.05, 4.69) is 13.8 Å². The van der Waals surface area contributed by atoms with Crippen molar-refractivity contribution in [3.05, 3.63) is 12.2 Å². The average Bonchev–Trinajstić information content (AvgIpc) is 2.80. The molecule has 0 heterocycles. The van der Waals surface area contributed by atoms with Crippen molar-refractivity contribution in [2.75, 3.05) is 6.61 Å². The highest BCUT2D eigenvalue weighted by Gasteiger charge is 2.34. The summed E-state index contributed by atoms with van der Waals surface area (Å²) in [6.45, 7) is 8.00. The highest BCUT2D eigenvalue weighted by molar-refractivity contribution is 5.87. The van der Waals surface area contributed by atoms with Gasteiger partial charge in [-0.3, -0.25) is 14.4 Å². The second-order valence-corrected chi connectivity index (χ2v) is 12.0. The highest BCUT2D eigenvalue weighted by Crippen LogP contribution is 2.36. The Bertz CT molecular complexity index is 724. The standard InChI is InChI=1S/C29H48O5/c1-5-29(4,27(33)34)19-9-15-22-11-7-13-24(26(22)32)17-16-23-12-6-10-21(25(23)31)14-8-18-28(2,3)20-30/h16-17,21-24,30H,5-15,18-20H2,1-4H3,(H,33,34)/b17-16-. The van der Waals surface area contributed by atoms with E-state index in [1.807, 2.05) is 19.1 Å². The van der Waals surface area contributed by atoms with E-state index in [9.17, 15) is 24.6 Å². The summed E-state index contributed by atoms with van der Waals surface area (Å²) in [6.07, 6.45) is 15.2. The summed E-state index contributed by atoms with van der Waals surface area (Å²) in [7, 11) is 0. The molecule has 5 atom stereocenters. The zero-order valence-corrected chi connectivity index (χ0v) is 22.0. The van der Waals surface area contributed by atoms with Crippen molar-refractivity contribution in [1.29, 1.82) is 0 Å². The van der Waals surface area contributed by atoms with Crippen LogP contribution in [-0.2, 0) is 14.4 Å². The number of Topliss-reactive ketones (excluding diaryl/α,β-unsaturated/α-hetero) is 2. The molecule has 0 bridgehead atoms. The van der Waals surface area contributed by atoms with E-state index in [0.29, 0.717) is 18.6 Å². The first kappa shape index (κ1) is 28.7. The van der Waals surface area contributed by atoms with Gasteiger partial charge in [0, 0.05) is 30.3 Å². The number of hydrogen-bond donors (Lipinski definition) is 2. The van der Waals surface area contributed by atoms with E-state index >= 15 is 0 Å². The molecule has 2 rings (SSSR count). The maximum atomic E-state index is 13.1. The number of aliphatic hydroxyl groups is 1. The quantitative estimate of drug-likeness (QED) is 0.301. The number of ketones is 2. The van der Waals surface area contributed by atoms with Crippen molar-refractivity contribution in [3.63, 3.8) is 0 Å². The summed E-state index contributed by atoms with van der Waals surface area (Å²) in [6, 6.07) is 0. The minimum absolute atomic E-state index is 0.0167. The molecule has 0 radical (unpaired) electrons. The molecule has 0 aromatic rings. The topological polar surface area (TPSA) is 91.7 Å². The third kappa shape index (κ3) is 8.03. The maximum Gasteiger partial charge on any atom is 0.309 e. The monoisotopic (exact) mass is 476 g/mol. The van der Waals surface area contributed by atoms with Gasteiger partial charge in [0.05, 0.1) is 5.41 Å². The van der Waals surface area contributed by atoms with Gasteiger partial charge in [-0.25, -0.2) is 0 Å². The largest absolute Gasteiger partial charge is 0.481 e. The first-order chi connectivity index (χ1) is 16.0. The Morgan fingerprint density at radius 2 is 1.35 bits per heavy atom. The number of carboxylic acid groups (broad SMARTS) is 1. The molecular formula is C29H48O5. The predicted molar refractivity (Wildman–Crippen MR) is 135 cm³/mol. The molecule has 0 aliphatic heterocycles. The molecule has 2 N–H and O–H groups in total. The van der Waals surface area contributed by atoms with Crippen LogP contribution in [0.5, 0.6) is 0 Å². The van der Waals surface area contributed by atoms with Gasteiger partial charge < -0.3 is 10.2 Å². The zero-order valence-electron chi connectivity index (χ0n) is 22.0. The van der Waals surface area contributed by atoms with E-state index in [0.717, 1.165) is 70.6 Å². The van der Waals surface area contributed by atoms with E-state index in [4.69, 9.17) is 0 Å². The molecule has 34 heavy (non-hydrogen) atoms. The summed E-state index contributed by atoms with van der Waals surface area (Å²) in [5, 5.41) is 18.9. The fraction of sp³-hybridized carbons (Fsp3) is 0.828. The fourth-order valence-electron chi connectivity index (χ4n) is 5.65. The highest BCUT2D eigenvalue weighted by atomic mass is 16.4. The van der Waals surface area contributed by atoms with Crippen LogP contribution in [-0.4, -0.2) is 34.4 Å². The van der Waals surface area contributed by atoms with Gasteiger partial charge in [0.15, 0.2) is 0 Å². The number of aliphatic carboxylic acids is 1. The van der Waals surface area contributed by atoms with Crippen LogP contribution >= 0.6 is 0 Å². The summed E-state index contributed by atoms with van der Waals surface area (Å²) >= 11 is 0. The molecule has 5 nitrogen and oxygen atoms in total. The van der Waals surface area contributed by atoms with Crippen LogP contribution in [0.25, 0.3) is 0 Å². The molecule has 194 valence electrons. The minimum atomic E-state index is -0.752. The van der Waals surface area contributed by atoms with Gasteiger partial charge in [-0.15, -0.1) is 0 Å². The van der Waals surface area contributed by atoms with Crippen molar-refractivity contribution < 1.29 is 24.6 Å². The Morgan fingerprint density at radius 3 is 1.76 bits per heavy atom. The van der Waals surface area contributed by atoms with Crippen LogP contribution in [0.2, 0.25) is 0 Å². The van der Waals surface area contributed by atoms with Crippen LogP contribution < -0.4 is 0 Å². The van der Waals surface area contributed by atoms with Crippen LogP contribution in [0.3, 0.4) is 0 Å². The lowest BCUT2D eigenvalue weighted by atomic mass is 9.74. The van der Waals surface area contributed by atoms with Gasteiger partial charge in [0.2, 0.25) is 0 Å². The molecule has 2 aliphatic rings. The van der Waals surface area contributed by atoms with Crippen molar-refractivity contribution in [1.82, 2.24) is 0 Å². The summed E-state index contributed by atoms with van der Waals surface area (Å²) in [5.41, 5.74) is -0.791. The Hall–Kier alpha value is -1.49. The maximum absolute atomic E-state index is 13.1. The van der Waals surface area contributed by atoms with E-state index in [1.54, 1.807) is 6.92 Å². The summed E-state index contributed by atoms with van der Waals surface area (Å²) in [5.74, 6) is -0.192. The van der Waals surface area contributed by atoms with Crippen molar-refractivity contribution in [3.8, 4) is 0 Å². The first-order valence-corrected chi connectivity index (χ1v) is 13.6. The fourth-order valence-corrected chi connectivity index (χ4v) is 5.65. The molecule has 0 saturated heterocycles. The van der Waals surface area contributed by atoms with E-state index < -0.39 is 11.4 Å². The normalized spacial score (nSPS) is 28.3. The minimum Gasteiger partial charge on any atom is -0.481 e. The van der Waals surface area contributed by atoms with Crippen LogP contribution in [0.15, 0.2) is 12.2 Å². The molecule has 2 saturated carbocycles. The first-order valence-electron chi connectivity index (χ1n) is 13.6. The molecule has 0 aromatic carbocycles. The van der Waals surface area contributed by atoms with Gasteiger partial charge in [-0.2, -0.15) is 0 Å². The number of carboxylic acids is 1. The number of aliphatic hydroxyl groups excluding tert-OH is 1. The zero-order chi connectivity index (χ0) is 25.4. The molecule has 0 spiro atoms. The number of carbonyl (C=O) groups is 3. The lowest BCUT2D eigenvalue weighted by Gasteiger charge is -2.29. The third-order valence-electron chi connectivity index (χ3n) is 8.66. The van der Waals surface area contributed by atoms with Crippen molar-refractivity contribution in [2.24, 2.45) is 34.5 Å². The number of rotatable bonds is 13. The van der Waals surface area contributed by atoms with E-state index in [-0.39, 0.29) is 41.5 Å². The van der Waals surface area contributed by atoms with Gasteiger partial charge in [0.25, 0.3) is 0 Å². The van der Waals surface area contributed by atoms with Gasteiger partial charge >= 0.3 is 5.97 Å². The number of hydrogen-bond acceptors (Lipinski definition) is 4. The Morgan fingerprint density at radius 1 is 0.882 bits per heavy atom. The van der Waals surface area contributed by atoms with E-state index in [1.165, 1.54) is 0 Å². The number of carbonyl (C=O) groups excluding carboxylic acids is 2. The Kier molecular flexibility index (Phi) is 11.0. The molecule has 2 aliphatic carbocycles. The van der Waals surface area contributed by atoms with Gasteiger partial charge in [-0.1, -0.05) is 58.6 Å². The third-order valence-corrected chi connectivity index (χ3v) is 8.66. The molecule has 0 amide bonds. The van der Waals surface area contributed by atoms with Crippen LogP contribution in [0, 0.1) is 34.5 Å². The smallest absolute Gasteiger partial charge is 0.309 e. The Balaban J connectivity index is 1.87. The SMILES string of the molecule is CCC(C)(CCCC1CCCC(/C=C\C2CCCC(CCCC(C)(C)CO)C2=O)C1=O)C(=O)O. The Labute approximate surface area is 206 Å². The second-order valence-electron chi connectivity index (χ2n) is 12.0. The van der Waals surface area contributed by atoms with Crippen LogP contribution in [0.1, 0.15) is 111 Å². The summed E-state index contributed by atoms with van der Waals surface area (Å²) < 4.78 is 0. The second kappa shape index (κ2) is 13.0. The average molecular weight is 477 g/mol. The number of allylic oxidation sites excluding steroid dienone is 2. The summed E-state index contributed by atoms with van der Waals surface area (Å²) in [4.78, 5) is 37.7. The molecule has 5 unspecified atom stereocenters. The molecule has 5 heteroatoms. The van der Waals surface area contributed by atoms with Gasteiger partial charge in [-0.05, 0) is 70.1 Å². The molecule has 2 fully saturated rings. The molecule has 0 aromatic heterocycles. The lowest BCUT2D eigenvalue weighted by Crippen LogP contribution is -2.30. The lowest BCUT2D eigenvalue weighted by molar-refractivity contribution is -0.148. The van der Waals surface area contributed by atoms with Crippen LogP contribution in [0.4, 0.5) is 0 Å². The van der Waals surface area contributed by atoms with Crippen molar-refractivity contribution >= 4 is 17.5 Å². The van der Waals surface area contributed by atoms with Crippen molar-refractivity contribution in [2.45, 2.75) is 111 Å². The predicted octanol–water partition coefficient (Wildman–Crippen LogP) is 6.37.